The number of ether oxygens (including phenoxy) is 2. The average molecular weight is 291 g/mol. The van der Waals surface area contributed by atoms with E-state index in [-0.39, 0.29) is 12.5 Å². The van der Waals surface area contributed by atoms with Crippen molar-refractivity contribution in [3.8, 4) is 5.75 Å². The molecule has 0 spiro atoms. The van der Waals surface area contributed by atoms with Crippen LogP contribution >= 0.6 is 0 Å². The van der Waals surface area contributed by atoms with Gasteiger partial charge in [0.1, 0.15) is 12.4 Å². The van der Waals surface area contributed by atoms with Gasteiger partial charge in [0, 0.05) is 25.6 Å². The predicted molar refractivity (Wildman–Crippen MR) is 82.7 cm³/mol. The Morgan fingerprint density at radius 3 is 2.71 bits per heavy atom. The molecule has 1 saturated heterocycles. The summed E-state index contributed by atoms with van der Waals surface area (Å²) in [5.74, 6) is 1.39. The van der Waals surface area contributed by atoms with Gasteiger partial charge in [0.2, 0.25) is 5.91 Å². The first-order chi connectivity index (χ1) is 10.2. The maximum Gasteiger partial charge on any atom is 0.248 e. The third-order valence-electron chi connectivity index (χ3n) is 4.04. The molecule has 1 atom stereocenters. The molecule has 1 aromatic rings. The van der Waals surface area contributed by atoms with Crippen molar-refractivity contribution in [1.29, 1.82) is 0 Å². The van der Waals surface area contributed by atoms with E-state index in [0.29, 0.717) is 12.5 Å². The molecular formula is C17H25NO3. The van der Waals surface area contributed by atoms with E-state index in [9.17, 15) is 4.79 Å². The van der Waals surface area contributed by atoms with Gasteiger partial charge in [0.25, 0.3) is 0 Å². The topological polar surface area (TPSA) is 38.8 Å². The summed E-state index contributed by atoms with van der Waals surface area (Å²) in [4.78, 5) is 14.1. The zero-order chi connectivity index (χ0) is 15.1. The minimum Gasteiger partial charge on any atom is -0.497 e. The molecular weight excluding hydrogens is 266 g/mol. The second kappa shape index (κ2) is 8.03. The quantitative estimate of drug-likeness (QED) is 0.837. The fourth-order valence-electron chi connectivity index (χ4n) is 2.80. The second-order valence-electron chi connectivity index (χ2n) is 5.44. The van der Waals surface area contributed by atoms with Crippen LogP contribution in [-0.2, 0) is 9.53 Å². The van der Waals surface area contributed by atoms with Crippen LogP contribution < -0.4 is 4.74 Å². The normalized spacial score (nSPS) is 19.1. The molecule has 1 aliphatic rings. The van der Waals surface area contributed by atoms with Crippen LogP contribution in [-0.4, -0.2) is 44.2 Å². The third kappa shape index (κ3) is 4.46. The highest BCUT2D eigenvalue weighted by Crippen LogP contribution is 2.27. The van der Waals surface area contributed by atoms with Crippen LogP contribution in [0.3, 0.4) is 0 Å². The van der Waals surface area contributed by atoms with Crippen LogP contribution in [0.4, 0.5) is 0 Å². The molecule has 0 aliphatic carbocycles. The minimum absolute atomic E-state index is 0.109. The number of carbonyl (C=O) groups excluding carboxylic acids is 1. The molecule has 1 heterocycles. The number of amides is 1. The maximum absolute atomic E-state index is 12.2. The van der Waals surface area contributed by atoms with Crippen LogP contribution in [0.2, 0.25) is 0 Å². The first kappa shape index (κ1) is 15.8. The molecule has 0 radical (unpaired) electrons. The van der Waals surface area contributed by atoms with Gasteiger partial charge in [-0.1, -0.05) is 18.6 Å². The molecule has 1 fully saturated rings. The number of benzene rings is 1. The van der Waals surface area contributed by atoms with Crippen molar-refractivity contribution in [2.45, 2.75) is 32.1 Å². The number of hydrogen-bond donors (Lipinski definition) is 0. The Bertz CT molecular complexity index is 444. The van der Waals surface area contributed by atoms with Gasteiger partial charge < -0.3 is 14.4 Å². The van der Waals surface area contributed by atoms with Gasteiger partial charge in [-0.15, -0.1) is 0 Å². The number of carbonyl (C=O) groups is 1. The summed E-state index contributed by atoms with van der Waals surface area (Å²) < 4.78 is 10.5. The average Bonchev–Trinajstić information content (AvgIpc) is 2.79. The summed E-state index contributed by atoms with van der Waals surface area (Å²) in [7, 11) is 1.68. The van der Waals surface area contributed by atoms with Crippen LogP contribution in [0.25, 0.3) is 0 Å². The van der Waals surface area contributed by atoms with Crippen LogP contribution in [0.15, 0.2) is 24.3 Å². The van der Waals surface area contributed by atoms with Gasteiger partial charge in [0.05, 0.1) is 7.11 Å². The molecule has 21 heavy (non-hydrogen) atoms. The lowest BCUT2D eigenvalue weighted by molar-refractivity contribution is -0.136. The van der Waals surface area contributed by atoms with Crippen molar-refractivity contribution in [2.24, 2.45) is 0 Å². The monoisotopic (exact) mass is 291 g/mol. The molecule has 1 aliphatic heterocycles. The Kier molecular flexibility index (Phi) is 6.05. The van der Waals surface area contributed by atoms with Gasteiger partial charge in [-0.3, -0.25) is 4.79 Å². The Hall–Kier alpha value is -1.55. The molecule has 0 bridgehead atoms. The first-order valence-corrected chi connectivity index (χ1v) is 7.74. The number of rotatable bonds is 5. The van der Waals surface area contributed by atoms with Crippen LogP contribution in [0, 0.1) is 0 Å². The highest BCUT2D eigenvalue weighted by Gasteiger charge is 2.23. The fourth-order valence-corrected chi connectivity index (χ4v) is 2.80. The number of methoxy groups -OCH3 is 1. The lowest BCUT2D eigenvalue weighted by Gasteiger charge is -2.25. The van der Waals surface area contributed by atoms with Crippen molar-refractivity contribution in [1.82, 2.24) is 4.90 Å². The van der Waals surface area contributed by atoms with E-state index in [0.717, 1.165) is 38.1 Å². The molecule has 1 aromatic carbocycles. The van der Waals surface area contributed by atoms with Gasteiger partial charge in [-0.05, 0) is 37.5 Å². The van der Waals surface area contributed by atoms with E-state index in [1.165, 1.54) is 5.56 Å². The molecule has 0 N–H and O–H groups in total. The summed E-state index contributed by atoms with van der Waals surface area (Å²) in [5.41, 5.74) is 1.28. The van der Waals surface area contributed by atoms with E-state index in [1.807, 2.05) is 24.0 Å². The molecule has 1 unspecified atom stereocenters. The Morgan fingerprint density at radius 2 is 2.05 bits per heavy atom. The van der Waals surface area contributed by atoms with Gasteiger partial charge in [-0.2, -0.15) is 0 Å². The lowest BCUT2D eigenvalue weighted by atomic mass is 9.94. The van der Waals surface area contributed by atoms with Crippen LogP contribution in [0.5, 0.6) is 5.75 Å². The van der Waals surface area contributed by atoms with Gasteiger partial charge >= 0.3 is 0 Å². The Morgan fingerprint density at radius 1 is 1.29 bits per heavy atom. The molecule has 2 rings (SSSR count). The summed E-state index contributed by atoms with van der Waals surface area (Å²) in [6, 6.07) is 8.21. The van der Waals surface area contributed by atoms with E-state index in [2.05, 4.69) is 12.1 Å². The third-order valence-corrected chi connectivity index (χ3v) is 4.04. The number of likely N-dealkylation sites (tertiary alicyclic amines) is 1. The van der Waals surface area contributed by atoms with Crippen molar-refractivity contribution in [3.63, 3.8) is 0 Å². The summed E-state index contributed by atoms with van der Waals surface area (Å²) in [6.07, 6.45) is 3.37. The summed E-state index contributed by atoms with van der Waals surface area (Å²) in [5, 5.41) is 0. The number of nitrogens with zero attached hydrogens (tertiary/aromatic N) is 1. The minimum atomic E-state index is 0.109. The first-order valence-electron chi connectivity index (χ1n) is 7.74. The zero-order valence-corrected chi connectivity index (χ0v) is 13.0. The second-order valence-corrected chi connectivity index (χ2v) is 5.44. The molecule has 4 heteroatoms. The molecule has 4 nitrogen and oxygen atoms in total. The van der Waals surface area contributed by atoms with Crippen molar-refractivity contribution in [2.75, 3.05) is 33.4 Å². The van der Waals surface area contributed by atoms with E-state index < -0.39 is 0 Å². The fraction of sp³-hybridized carbons (Fsp3) is 0.588. The summed E-state index contributed by atoms with van der Waals surface area (Å²) >= 11 is 0. The SMILES string of the molecule is CCOCC(=O)N1CCCCC(c2ccc(OC)cc2)C1. The summed E-state index contributed by atoms with van der Waals surface area (Å²) in [6.45, 7) is 4.33. The largest absolute Gasteiger partial charge is 0.497 e. The number of hydrogen-bond acceptors (Lipinski definition) is 3. The Labute approximate surface area is 127 Å². The highest BCUT2D eigenvalue weighted by molar-refractivity contribution is 5.77. The smallest absolute Gasteiger partial charge is 0.248 e. The van der Waals surface area contributed by atoms with E-state index in [4.69, 9.17) is 9.47 Å². The van der Waals surface area contributed by atoms with Gasteiger partial charge in [-0.25, -0.2) is 0 Å². The molecule has 0 saturated carbocycles. The van der Waals surface area contributed by atoms with E-state index in [1.54, 1.807) is 7.11 Å². The highest BCUT2D eigenvalue weighted by atomic mass is 16.5. The van der Waals surface area contributed by atoms with E-state index >= 15 is 0 Å². The molecule has 0 aromatic heterocycles. The maximum atomic E-state index is 12.2. The standard InChI is InChI=1S/C17H25NO3/c1-3-21-13-17(19)18-11-5-4-6-15(12-18)14-7-9-16(20-2)10-8-14/h7-10,15H,3-6,11-13H2,1-2H3. The lowest BCUT2D eigenvalue weighted by Crippen LogP contribution is -2.36. The van der Waals surface area contributed by atoms with Crippen molar-refractivity contribution >= 4 is 5.91 Å². The van der Waals surface area contributed by atoms with Gasteiger partial charge in [0.15, 0.2) is 0 Å². The van der Waals surface area contributed by atoms with Crippen molar-refractivity contribution in [3.05, 3.63) is 29.8 Å². The molecule has 1 amide bonds. The molecule has 116 valence electrons. The van der Waals surface area contributed by atoms with Crippen molar-refractivity contribution < 1.29 is 14.3 Å². The Balaban J connectivity index is 2.02. The zero-order valence-electron chi connectivity index (χ0n) is 13.0. The predicted octanol–water partition coefficient (Wildman–Crippen LogP) is 2.83. The van der Waals surface area contributed by atoms with Crippen LogP contribution in [0.1, 0.15) is 37.7 Å².